The average Bonchev–Trinajstić information content (AvgIpc) is 2.95. The Balaban J connectivity index is 1.86. The maximum atomic E-state index is 11.4. The molecule has 1 heterocycles. The number of unbranched alkanes of at least 4 members (excludes halogenated alkanes) is 4. The number of para-hydroxylation sites is 2. The monoisotopic (exact) mass is 341 g/mol. The van der Waals surface area contributed by atoms with Crippen LogP contribution in [-0.2, 0) is 17.8 Å². The van der Waals surface area contributed by atoms with Gasteiger partial charge in [-0.25, -0.2) is 4.98 Å². The van der Waals surface area contributed by atoms with Crippen LogP contribution in [-0.4, -0.2) is 22.0 Å². The van der Waals surface area contributed by atoms with Crippen molar-refractivity contribution in [2.24, 2.45) is 0 Å². The van der Waals surface area contributed by atoms with Crippen LogP contribution in [0.15, 0.2) is 36.4 Å². The molecule has 0 atom stereocenters. The molecule has 0 aliphatic heterocycles. The number of amides is 1. The van der Waals surface area contributed by atoms with Crippen molar-refractivity contribution in [1.29, 1.82) is 0 Å². The Kier molecular flexibility index (Phi) is 7.71. The molecule has 0 fully saturated rings. The van der Waals surface area contributed by atoms with Gasteiger partial charge in [0.1, 0.15) is 5.82 Å². The van der Waals surface area contributed by atoms with Gasteiger partial charge in [-0.15, -0.1) is 0 Å². The fraction of sp³-hybridized carbons (Fsp3) is 0.524. The number of hydrogen-bond donors (Lipinski definition) is 1. The largest absolute Gasteiger partial charge is 0.352 e. The lowest BCUT2D eigenvalue weighted by molar-refractivity contribution is -0.117. The lowest BCUT2D eigenvalue weighted by atomic mass is 10.2. The number of rotatable bonds is 11. The zero-order valence-corrected chi connectivity index (χ0v) is 15.7. The molecule has 4 nitrogen and oxygen atoms in total. The number of aromatic nitrogens is 2. The molecule has 0 unspecified atom stereocenters. The normalized spacial score (nSPS) is 11.0. The summed E-state index contributed by atoms with van der Waals surface area (Å²) in [5.41, 5.74) is 2.92. The average molecular weight is 341 g/mol. The van der Waals surface area contributed by atoms with E-state index in [9.17, 15) is 4.79 Å². The van der Waals surface area contributed by atoms with Crippen LogP contribution in [0.3, 0.4) is 0 Å². The fourth-order valence-electron chi connectivity index (χ4n) is 3.02. The first kappa shape index (κ1) is 19.2. The number of carbonyl (C=O) groups is 1. The van der Waals surface area contributed by atoms with E-state index in [0.717, 1.165) is 44.3 Å². The van der Waals surface area contributed by atoms with Gasteiger partial charge in [-0.05, 0) is 38.3 Å². The Labute approximate surface area is 151 Å². The molecular weight excluding hydrogens is 310 g/mol. The molecule has 2 aromatic rings. The first-order valence-corrected chi connectivity index (χ1v) is 9.51. The van der Waals surface area contributed by atoms with Gasteiger partial charge in [-0.2, -0.15) is 0 Å². The Morgan fingerprint density at radius 3 is 2.72 bits per heavy atom. The Morgan fingerprint density at radius 1 is 1.16 bits per heavy atom. The predicted octanol–water partition coefficient (Wildman–Crippen LogP) is 4.63. The van der Waals surface area contributed by atoms with E-state index in [4.69, 9.17) is 4.98 Å². The van der Waals surface area contributed by atoms with Gasteiger partial charge in [0.15, 0.2) is 0 Å². The highest BCUT2D eigenvalue weighted by Gasteiger charge is 2.09. The molecule has 0 bridgehead atoms. The standard InChI is InChI=1S/C21H31N3O/c1-4-5-11-16-24-19-13-9-8-12-18(19)23-20(24)14-7-6-10-15-22-21(25)17(2)3/h8-9,12-13H,2,4-7,10-11,14-16H2,1,3H3,(H,22,25). The van der Waals surface area contributed by atoms with Gasteiger partial charge in [-0.1, -0.05) is 44.9 Å². The van der Waals surface area contributed by atoms with E-state index in [0.29, 0.717) is 5.57 Å². The van der Waals surface area contributed by atoms with Gasteiger partial charge < -0.3 is 9.88 Å². The molecule has 25 heavy (non-hydrogen) atoms. The Hall–Kier alpha value is -2.10. The lowest BCUT2D eigenvalue weighted by Crippen LogP contribution is -2.24. The first-order valence-electron chi connectivity index (χ1n) is 9.51. The molecule has 0 saturated heterocycles. The molecule has 0 aliphatic carbocycles. The minimum atomic E-state index is -0.0438. The maximum Gasteiger partial charge on any atom is 0.246 e. The summed E-state index contributed by atoms with van der Waals surface area (Å²) < 4.78 is 2.40. The van der Waals surface area contributed by atoms with Crippen molar-refractivity contribution in [2.75, 3.05) is 6.54 Å². The van der Waals surface area contributed by atoms with Crippen molar-refractivity contribution in [3.63, 3.8) is 0 Å². The number of nitrogens with zero attached hydrogens (tertiary/aromatic N) is 2. The highest BCUT2D eigenvalue weighted by Crippen LogP contribution is 2.19. The zero-order valence-electron chi connectivity index (χ0n) is 15.7. The third-order valence-corrected chi connectivity index (χ3v) is 4.47. The molecule has 4 heteroatoms. The molecule has 136 valence electrons. The number of carbonyl (C=O) groups excluding carboxylic acids is 1. The molecule has 1 aromatic carbocycles. The van der Waals surface area contributed by atoms with E-state index in [1.54, 1.807) is 6.92 Å². The van der Waals surface area contributed by atoms with Crippen LogP contribution in [0.25, 0.3) is 11.0 Å². The summed E-state index contributed by atoms with van der Waals surface area (Å²) >= 11 is 0. The van der Waals surface area contributed by atoms with Gasteiger partial charge in [0.25, 0.3) is 0 Å². The molecule has 0 radical (unpaired) electrons. The third kappa shape index (κ3) is 5.73. The van der Waals surface area contributed by atoms with Crippen LogP contribution in [0.1, 0.15) is 58.2 Å². The van der Waals surface area contributed by atoms with E-state index in [1.165, 1.54) is 30.6 Å². The number of fused-ring (bicyclic) bond motifs is 1. The Morgan fingerprint density at radius 2 is 1.96 bits per heavy atom. The van der Waals surface area contributed by atoms with Crippen LogP contribution < -0.4 is 5.32 Å². The topological polar surface area (TPSA) is 46.9 Å². The second-order valence-corrected chi connectivity index (χ2v) is 6.72. The van der Waals surface area contributed by atoms with Gasteiger partial charge in [0.2, 0.25) is 5.91 Å². The minimum absolute atomic E-state index is 0.0438. The van der Waals surface area contributed by atoms with Crippen LogP contribution in [0, 0.1) is 0 Å². The Bertz CT molecular complexity index is 702. The van der Waals surface area contributed by atoms with Gasteiger partial charge in [-0.3, -0.25) is 4.79 Å². The summed E-state index contributed by atoms with van der Waals surface area (Å²) in [6.07, 6.45) is 7.88. The van der Waals surface area contributed by atoms with Gasteiger partial charge in [0, 0.05) is 25.1 Å². The van der Waals surface area contributed by atoms with Crippen LogP contribution in [0.4, 0.5) is 0 Å². The highest BCUT2D eigenvalue weighted by atomic mass is 16.1. The summed E-state index contributed by atoms with van der Waals surface area (Å²) in [5.74, 6) is 1.15. The van der Waals surface area contributed by atoms with E-state index in [-0.39, 0.29) is 5.91 Å². The second kappa shape index (κ2) is 10.0. The van der Waals surface area contributed by atoms with E-state index >= 15 is 0 Å². The minimum Gasteiger partial charge on any atom is -0.352 e. The quantitative estimate of drug-likeness (QED) is 0.478. The summed E-state index contributed by atoms with van der Waals surface area (Å²) in [4.78, 5) is 16.3. The lowest BCUT2D eigenvalue weighted by Gasteiger charge is -2.09. The third-order valence-electron chi connectivity index (χ3n) is 4.47. The van der Waals surface area contributed by atoms with Crippen molar-refractivity contribution in [3.05, 3.63) is 42.2 Å². The highest BCUT2D eigenvalue weighted by molar-refractivity contribution is 5.92. The molecule has 1 amide bonds. The zero-order chi connectivity index (χ0) is 18.1. The number of imidazole rings is 1. The summed E-state index contributed by atoms with van der Waals surface area (Å²) in [7, 11) is 0. The van der Waals surface area contributed by atoms with Crippen molar-refractivity contribution >= 4 is 16.9 Å². The van der Waals surface area contributed by atoms with Crippen molar-refractivity contribution < 1.29 is 4.79 Å². The number of hydrogen-bond acceptors (Lipinski definition) is 2. The van der Waals surface area contributed by atoms with Crippen LogP contribution in [0.5, 0.6) is 0 Å². The van der Waals surface area contributed by atoms with Crippen LogP contribution in [0.2, 0.25) is 0 Å². The molecule has 2 rings (SSSR count). The molecule has 1 aromatic heterocycles. The summed E-state index contributed by atoms with van der Waals surface area (Å²) in [6, 6.07) is 8.42. The second-order valence-electron chi connectivity index (χ2n) is 6.72. The maximum absolute atomic E-state index is 11.4. The molecule has 0 aliphatic rings. The predicted molar refractivity (Wildman–Crippen MR) is 105 cm³/mol. The van der Waals surface area contributed by atoms with Crippen molar-refractivity contribution in [1.82, 2.24) is 14.9 Å². The van der Waals surface area contributed by atoms with Crippen molar-refractivity contribution in [2.45, 2.75) is 65.3 Å². The summed E-state index contributed by atoms with van der Waals surface area (Å²) in [5, 5.41) is 2.89. The smallest absolute Gasteiger partial charge is 0.246 e. The SMILES string of the molecule is C=C(C)C(=O)NCCCCCc1nc2ccccc2n1CCCCC. The fourth-order valence-corrected chi connectivity index (χ4v) is 3.02. The number of benzene rings is 1. The first-order chi connectivity index (χ1) is 12.1. The number of nitrogens with one attached hydrogen (secondary N) is 1. The molecular formula is C21H31N3O. The molecule has 0 spiro atoms. The molecule has 0 saturated carbocycles. The van der Waals surface area contributed by atoms with E-state index in [2.05, 4.69) is 47.7 Å². The van der Waals surface area contributed by atoms with Crippen molar-refractivity contribution in [3.8, 4) is 0 Å². The molecule has 1 N–H and O–H groups in total. The van der Waals surface area contributed by atoms with Gasteiger partial charge in [0.05, 0.1) is 11.0 Å². The summed E-state index contributed by atoms with van der Waals surface area (Å²) in [6.45, 7) is 9.39. The van der Waals surface area contributed by atoms with Crippen LogP contribution >= 0.6 is 0 Å². The number of aryl methyl sites for hydroxylation is 2. The van der Waals surface area contributed by atoms with E-state index in [1.807, 2.05) is 0 Å². The van der Waals surface area contributed by atoms with E-state index < -0.39 is 0 Å². The van der Waals surface area contributed by atoms with Gasteiger partial charge >= 0.3 is 0 Å².